The predicted molar refractivity (Wildman–Crippen MR) is 83.9 cm³/mol. The standard InChI is InChI=1S/C17H12F8N2O/c18-14-4-2-1-3-12(14)10-28-13-7-5-11(6-8-13)9-26-27-17(24,25)15(19,20)16(21,22)23/h1-9,27H,10H2/b26-9+. The molecule has 0 spiro atoms. The van der Waals surface area contributed by atoms with E-state index in [9.17, 15) is 35.1 Å². The lowest BCUT2D eigenvalue weighted by atomic mass is 10.2. The van der Waals surface area contributed by atoms with Crippen LogP contribution in [0.15, 0.2) is 53.6 Å². The Labute approximate surface area is 153 Å². The summed E-state index contributed by atoms with van der Waals surface area (Å²) in [6.07, 6.45) is -5.82. The van der Waals surface area contributed by atoms with Crippen molar-refractivity contribution in [2.24, 2.45) is 5.10 Å². The van der Waals surface area contributed by atoms with Crippen molar-refractivity contribution in [3.8, 4) is 5.75 Å². The molecule has 0 aromatic heterocycles. The normalized spacial score (nSPS) is 13.0. The summed E-state index contributed by atoms with van der Waals surface area (Å²) in [7, 11) is 0. The van der Waals surface area contributed by atoms with E-state index in [-0.39, 0.29) is 17.9 Å². The SMILES string of the molecule is Fc1ccccc1COc1ccc(/C=N/NC(F)(F)C(F)(F)C(F)(F)F)cc1. The molecule has 3 nitrogen and oxygen atoms in total. The van der Waals surface area contributed by atoms with E-state index in [4.69, 9.17) is 4.74 Å². The van der Waals surface area contributed by atoms with Crippen LogP contribution >= 0.6 is 0 Å². The first-order chi connectivity index (χ1) is 12.9. The molecule has 0 aliphatic carbocycles. The van der Waals surface area contributed by atoms with Crippen LogP contribution < -0.4 is 10.2 Å². The molecule has 11 heteroatoms. The van der Waals surface area contributed by atoms with Crippen LogP contribution in [-0.2, 0) is 6.61 Å². The van der Waals surface area contributed by atoms with E-state index in [1.807, 2.05) is 0 Å². The highest BCUT2D eigenvalue weighted by Crippen LogP contribution is 2.44. The van der Waals surface area contributed by atoms with E-state index in [1.165, 1.54) is 42.5 Å². The average molecular weight is 412 g/mol. The molecule has 0 atom stereocenters. The first kappa shape index (κ1) is 21.5. The second-order valence-corrected chi connectivity index (χ2v) is 5.47. The summed E-state index contributed by atoms with van der Waals surface area (Å²) in [6.45, 7) is -0.0829. The largest absolute Gasteiger partial charge is 0.489 e. The van der Waals surface area contributed by atoms with Crippen molar-refractivity contribution in [2.75, 3.05) is 0 Å². The highest BCUT2D eigenvalue weighted by molar-refractivity contribution is 5.79. The molecule has 0 bridgehead atoms. The van der Waals surface area contributed by atoms with Crippen LogP contribution in [0, 0.1) is 5.82 Å². The van der Waals surface area contributed by atoms with E-state index < -0.39 is 24.0 Å². The smallest absolute Gasteiger partial charge is 0.462 e. The van der Waals surface area contributed by atoms with Gasteiger partial charge in [-0.25, -0.2) is 9.82 Å². The molecule has 2 aromatic carbocycles. The van der Waals surface area contributed by atoms with Gasteiger partial charge in [0, 0.05) is 5.56 Å². The van der Waals surface area contributed by atoms with E-state index in [1.54, 1.807) is 6.07 Å². The van der Waals surface area contributed by atoms with Gasteiger partial charge in [0.05, 0.1) is 6.21 Å². The maximum Gasteiger partial charge on any atom is 0.462 e. The quantitative estimate of drug-likeness (QED) is 0.297. The van der Waals surface area contributed by atoms with Crippen LogP contribution in [0.5, 0.6) is 5.75 Å². The van der Waals surface area contributed by atoms with Gasteiger partial charge in [-0.2, -0.15) is 35.8 Å². The van der Waals surface area contributed by atoms with Crippen molar-refractivity contribution in [1.82, 2.24) is 5.43 Å². The molecule has 2 aromatic rings. The molecule has 0 unspecified atom stereocenters. The van der Waals surface area contributed by atoms with E-state index in [0.29, 0.717) is 17.2 Å². The van der Waals surface area contributed by atoms with E-state index >= 15 is 0 Å². The van der Waals surface area contributed by atoms with Crippen LogP contribution in [-0.4, -0.2) is 24.4 Å². The van der Waals surface area contributed by atoms with Crippen molar-refractivity contribution in [3.63, 3.8) is 0 Å². The first-order valence-electron chi connectivity index (χ1n) is 7.53. The fraction of sp³-hybridized carbons (Fsp3) is 0.235. The number of hydrogen-bond acceptors (Lipinski definition) is 3. The molecule has 0 saturated heterocycles. The monoisotopic (exact) mass is 412 g/mol. The van der Waals surface area contributed by atoms with Crippen LogP contribution in [0.1, 0.15) is 11.1 Å². The summed E-state index contributed by atoms with van der Waals surface area (Å²) in [4.78, 5) is 0. The summed E-state index contributed by atoms with van der Waals surface area (Å²) in [5.74, 6) is -6.49. The Morgan fingerprint density at radius 3 is 2.07 bits per heavy atom. The lowest BCUT2D eigenvalue weighted by Crippen LogP contribution is -2.58. The summed E-state index contributed by atoms with van der Waals surface area (Å²) in [5.41, 5.74) is 0.920. The van der Waals surface area contributed by atoms with Crippen molar-refractivity contribution < 1.29 is 39.9 Å². The van der Waals surface area contributed by atoms with E-state index in [0.717, 1.165) is 0 Å². The van der Waals surface area contributed by atoms with Crippen LogP contribution in [0.3, 0.4) is 0 Å². The molecule has 0 amide bonds. The molecule has 0 aliphatic rings. The molecule has 28 heavy (non-hydrogen) atoms. The van der Waals surface area contributed by atoms with Crippen molar-refractivity contribution in [3.05, 3.63) is 65.5 Å². The Bertz CT molecular complexity index is 819. The highest BCUT2D eigenvalue weighted by Gasteiger charge is 2.73. The number of nitrogens with one attached hydrogen (secondary N) is 1. The van der Waals surface area contributed by atoms with Gasteiger partial charge in [-0.3, -0.25) is 0 Å². The minimum Gasteiger partial charge on any atom is -0.489 e. The van der Waals surface area contributed by atoms with Gasteiger partial charge in [0.25, 0.3) is 0 Å². The highest BCUT2D eigenvalue weighted by atomic mass is 19.4. The molecule has 152 valence electrons. The number of halogens is 8. The Kier molecular flexibility index (Phi) is 6.15. The third-order valence-corrected chi connectivity index (χ3v) is 3.40. The summed E-state index contributed by atoms with van der Waals surface area (Å²) < 4.78 is 106. The number of hydrogen-bond donors (Lipinski definition) is 1. The third-order valence-electron chi connectivity index (χ3n) is 3.40. The Hall–Kier alpha value is -2.85. The summed E-state index contributed by atoms with van der Waals surface area (Å²) in [6, 6.07) is 5.52. The van der Waals surface area contributed by atoms with Crippen LogP contribution in [0.4, 0.5) is 35.1 Å². The second kappa shape index (κ2) is 8.03. The first-order valence-corrected chi connectivity index (χ1v) is 7.53. The molecular formula is C17H12F8N2O. The van der Waals surface area contributed by atoms with Gasteiger partial charge in [-0.1, -0.05) is 18.2 Å². The van der Waals surface area contributed by atoms with Gasteiger partial charge < -0.3 is 4.74 Å². The molecule has 0 radical (unpaired) electrons. The van der Waals surface area contributed by atoms with Gasteiger partial charge >= 0.3 is 18.1 Å². The number of benzene rings is 2. The summed E-state index contributed by atoms with van der Waals surface area (Å²) in [5, 5.41) is 2.73. The number of ether oxygens (including phenoxy) is 1. The fourth-order valence-corrected chi connectivity index (χ4v) is 1.86. The maximum absolute atomic E-state index is 13.5. The molecular weight excluding hydrogens is 400 g/mol. The Balaban J connectivity index is 1.96. The zero-order valence-electron chi connectivity index (χ0n) is 13.8. The zero-order chi connectivity index (χ0) is 21.0. The second-order valence-electron chi connectivity index (χ2n) is 5.47. The van der Waals surface area contributed by atoms with Gasteiger partial charge in [-0.05, 0) is 35.9 Å². The minimum absolute atomic E-state index is 0.0829. The maximum atomic E-state index is 13.5. The van der Waals surface area contributed by atoms with Gasteiger partial charge in [0.1, 0.15) is 18.2 Å². The molecule has 2 rings (SSSR count). The van der Waals surface area contributed by atoms with Gasteiger partial charge in [0.2, 0.25) is 0 Å². The van der Waals surface area contributed by atoms with E-state index in [2.05, 4.69) is 5.10 Å². The lowest BCUT2D eigenvalue weighted by Gasteiger charge is -2.27. The van der Waals surface area contributed by atoms with Crippen molar-refractivity contribution >= 4 is 6.21 Å². The van der Waals surface area contributed by atoms with Gasteiger partial charge in [-0.15, -0.1) is 0 Å². The fourth-order valence-electron chi connectivity index (χ4n) is 1.86. The van der Waals surface area contributed by atoms with Crippen LogP contribution in [0.25, 0.3) is 0 Å². The molecule has 0 saturated carbocycles. The molecule has 0 heterocycles. The predicted octanol–water partition coefficient (Wildman–Crippen LogP) is 5.12. The van der Waals surface area contributed by atoms with Gasteiger partial charge in [0.15, 0.2) is 0 Å². The van der Waals surface area contributed by atoms with Crippen molar-refractivity contribution in [1.29, 1.82) is 0 Å². The molecule has 0 fully saturated rings. The Morgan fingerprint density at radius 1 is 0.893 bits per heavy atom. The summed E-state index contributed by atoms with van der Waals surface area (Å²) >= 11 is 0. The number of nitrogens with zero attached hydrogens (tertiary/aromatic N) is 1. The van der Waals surface area contributed by atoms with Crippen LogP contribution in [0.2, 0.25) is 0 Å². The minimum atomic E-state index is -6.45. The average Bonchev–Trinajstić information content (AvgIpc) is 2.61. The Morgan fingerprint density at radius 2 is 1.50 bits per heavy atom. The van der Waals surface area contributed by atoms with Crippen molar-refractivity contribution in [2.45, 2.75) is 24.8 Å². The molecule has 1 N–H and O–H groups in total. The third kappa shape index (κ3) is 4.90. The molecule has 0 aliphatic heterocycles. The number of rotatable bonds is 7. The number of hydrazone groups is 1. The number of alkyl halides is 7. The zero-order valence-corrected chi connectivity index (χ0v) is 13.8. The topological polar surface area (TPSA) is 33.6 Å². The lowest BCUT2D eigenvalue weighted by molar-refractivity contribution is -0.361.